The predicted octanol–water partition coefficient (Wildman–Crippen LogP) is 1.76. The van der Waals surface area contributed by atoms with Gasteiger partial charge in [-0.2, -0.15) is 0 Å². The fourth-order valence-corrected chi connectivity index (χ4v) is 1.48. The van der Waals surface area contributed by atoms with Crippen LogP contribution in [0.25, 0.3) is 0 Å². The second-order valence-corrected chi connectivity index (χ2v) is 3.62. The molecule has 98 valence electrons. The van der Waals surface area contributed by atoms with Gasteiger partial charge in [0.1, 0.15) is 23.7 Å². The molecule has 0 aliphatic rings. The van der Waals surface area contributed by atoms with Crippen molar-refractivity contribution in [2.75, 3.05) is 7.11 Å². The summed E-state index contributed by atoms with van der Waals surface area (Å²) in [5.74, 6) is 0.110. The molecule has 2 aromatic rings. The number of carboxylic acids is 1. The summed E-state index contributed by atoms with van der Waals surface area (Å²) in [7, 11) is 1.47. The van der Waals surface area contributed by atoms with Crippen molar-refractivity contribution in [2.45, 2.75) is 6.61 Å². The summed E-state index contributed by atoms with van der Waals surface area (Å²) in [5.41, 5.74) is 0.0373. The highest BCUT2D eigenvalue weighted by Gasteiger charge is 2.13. The maximum Gasteiger partial charge on any atom is 0.339 e. The molecule has 0 saturated heterocycles. The molecule has 0 fully saturated rings. The fourth-order valence-electron chi connectivity index (χ4n) is 1.48. The van der Waals surface area contributed by atoms with E-state index < -0.39 is 5.97 Å². The van der Waals surface area contributed by atoms with Gasteiger partial charge in [0.15, 0.2) is 5.82 Å². The molecule has 0 amide bonds. The van der Waals surface area contributed by atoms with E-state index in [2.05, 4.69) is 9.97 Å². The molecule has 0 aliphatic heterocycles. The van der Waals surface area contributed by atoms with E-state index in [1.165, 1.54) is 13.2 Å². The van der Waals surface area contributed by atoms with Crippen molar-refractivity contribution in [3.05, 3.63) is 48.0 Å². The van der Waals surface area contributed by atoms with Crippen LogP contribution in [0.4, 0.5) is 0 Å². The first-order chi connectivity index (χ1) is 9.20. The highest BCUT2D eigenvalue weighted by atomic mass is 16.5. The van der Waals surface area contributed by atoms with E-state index in [9.17, 15) is 4.79 Å². The van der Waals surface area contributed by atoms with Crippen LogP contribution in [0.3, 0.4) is 0 Å². The summed E-state index contributed by atoms with van der Waals surface area (Å²) in [5, 5.41) is 9.12. The minimum absolute atomic E-state index is 0.0373. The van der Waals surface area contributed by atoms with Crippen molar-refractivity contribution >= 4 is 5.97 Å². The number of hydrogen-bond acceptors (Lipinski definition) is 5. The van der Waals surface area contributed by atoms with Gasteiger partial charge in [-0.25, -0.2) is 14.8 Å². The molecule has 0 spiro atoms. The lowest BCUT2D eigenvalue weighted by Crippen LogP contribution is -2.05. The van der Waals surface area contributed by atoms with Crippen molar-refractivity contribution in [3.63, 3.8) is 0 Å². The summed E-state index contributed by atoms with van der Waals surface area (Å²) in [4.78, 5) is 19.1. The molecule has 0 unspecified atom stereocenters. The first-order valence-electron chi connectivity index (χ1n) is 5.50. The molecule has 1 N–H and O–H groups in total. The van der Waals surface area contributed by atoms with E-state index in [0.717, 1.165) is 0 Å². The molecule has 0 aliphatic carbocycles. The number of carboxylic acid groups (broad SMARTS) is 1. The number of nitrogens with zero attached hydrogens (tertiary/aromatic N) is 2. The molecule has 0 atom stereocenters. The molecule has 2 rings (SSSR count). The van der Waals surface area contributed by atoms with Crippen LogP contribution >= 0.6 is 0 Å². The Morgan fingerprint density at radius 3 is 2.68 bits per heavy atom. The van der Waals surface area contributed by atoms with Gasteiger partial charge in [-0.3, -0.25) is 0 Å². The van der Waals surface area contributed by atoms with Crippen LogP contribution in [0.15, 0.2) is 36.7 Å². The smallest absolute Gasteiger partial charge is 0.339 e. The van der Waals surface area contributed by atoms with E-state index in [-0.39, 0.29) is 17.9 Å². The van der Waals surface area contributed by atoms with Crippen molar-refractivity contribution in [1.82, 2.24) is 9.97 Å². The third kappa shape index (κ3) is 3.19. The molecule has 1 heterocycles. The van der Waals surface area contributed by atoms with Gasteiger partial charge in [0.2, 0.25) is 0 Å². The Morgan fingerprint density at radius 1 is 1.32 bits per heavy atom. The summed E-state index contributed by atoms with van der Waals surface area (Å²) < 4.78 is 10.4. The van der Waals surface area contributed by atoms with Gasteiger partial charge in [-0.1, -0.05) is 0 Å². The standard InChI is InChI=1S/C13H12N2O4/c1-18-9-3-4-11(10(7-9)13(16)17)19-8-12-14-5-2-6-15-12/h2-7H,8H2,1H3,(H,16,17). The lowest BCUT2D eigenvalue weighted by Gasteiger charge is -2.09. The van der Waals surface area contributed by atoms with E-state index in [1.807, 2.05) is 0 Å². The van der Waals surface area contributed by atoms with Crippen LogP contribution < -0.4 is 9.47 Å². The van der Waals surface area contributed by atoms with Crippen molar-refractivity contribution in [2.24, 2.45) is 0 Å². The molecular weight excluding hydrogens is 248 g/mol. The first-order valence-corrected chi connectivity index (χ1v) is 5.50. The summed E-state index contributed by atoms with van der Waals surface area (Å²) in [6, 6.07) is 6.28. The first kappa shape index (κ1) is 12.8. The van der Waals surface area contributed by atoms with E-state index in [0.29, 0.717) is 11.6 Å². The number of aromatic nitrogens is 2. The lowest BCUT2D eigenvalue weighted by atomic mass is 10.2. The minimum Gasteiger partial charge on any atom is -0.497 e. The molecule has 0 bridgehead atoms. The van der Waals surface area contributed by atoms with Gasteiger partial charge < -0.3 is 14.6 Å². The zero-order valence-electron chi connectivity index (χ0n) is 10.2. The van der Waals surface area contributed by atoms with Crippen LogP contribution in [0.5, 0.6) is 11.5 Å². The Balaban J connectivity index is 2.18. The number of hydrogen-bond donors (Lipinski definition) is 1. The molecule has 1 aromatic carbocycles. The van der Waals surface area contributed by atoms with E-state index >= 15 is 0 Å². The van der Waals surface area contributed by atoms with Crippen molar-refractivity contribution < 1.29 is 19.4 Å². The van der Waals surface area contributed by atoms with Gasteiger partial charge in [-0.05, 0) is 24.3 Å². The highest BCUT2D eigenvalue weighted by molar-refractivity contribution is 5.91. The number of ether oxygens (including phenoxy) is 2. The Morgan fingerprint density at radius 2 is 2.05 bits per heavy atom. The van der Waals surface area contributed by atoms with Gasteiger partial charge in [0.05, 0.1) is 7.11 Å². The monoisotopic (exact) mass is 260 g/mol. The number of methoxy groups -OCH3 is 1. The second-order valence-electron chi connectivity index (χ2n) is 3.62. The van der Waals surface area contributed by atoms with Crippen LogP contribution in [0.2, 0.25) is 0 Å². The van der Waals surface area contributed by atoms with Crippen LogP contribution in [-0.4, -0.2) is 28.2 Å². The molecule has 0 radical (unpaired) electrons. The van der Waals surface area contributed by atoms with Crippen molar-refractivity contribution in [3.8, 4) is 11.5 Å². The van der Waals surface area contributed by atoms with Crippen LogP contribution in [0.1, 0.15) is 16.2 Å². The topological polar surface area (TPSA) is 81.5 Å². The largest absolute Gasteiger partial charge is 0.497 e. The number of aromatic carboxylic acids is 1. The maximum atomic E-state index is 11.1. The van der Waals surface area contributed by atoms with Gasteiger partial charge in [0.25, 0.3) is 0 Å². The molecule has 1 aromatic heterocycles. The Kier molecular flexibility index (Phi) is 3.92. The highest BCUT2D eigenvalue weighted by Crippen LogP contribution is 2.24. The quantitative estimate of drug-likeness (QED) is 0.882. The SMILES string of the molecule is COc1ccc(OCc2ncccn2)c(C(=O)O)c1. The minimum atomic E-state index is -1.08. The zero-order valence-corrected chi connectivity index (χ0v) is 10.2. The fraction of sp³-hybridized carbons (Fsp3) is 0.154. The number of rotatable bonds is 5. The summed E-state index contributed by atoms with van der Waals surface area (Å²) >= 11 is 0. The Labute approximate surface area is 109 Å². The number of carbonyl (C=O) groups is 1. The van der Waals surface area contributed by atoms with Gasteiger partial charge in [0, 0.05) is 12.4 Å². The van der Waals surface area contributed by atoms with Gasteiger partial charge in [-0.15, -0.1) is 0 Å². The Hall–Kier alpha value is -2.63. The maximum absolute atomic E-state index is 11.1. The average Bonchev–Trinajstić information content (AvgIpc) is 2.46. The third-order valence-electron chi connectivity index (χ3n) is 2.39. The third-order valence-corrected chi connectivity index (χ3v) is 2.39. The zero-order chi connectivity index (χ0) is 13.7. The van der Waals surface area contributed by atoms with Gasteiger partial charge >= 0.3 is 5.97 Å². The molecule has 0 saturated carbocycles. The van der Waals surface area contributed by atoms with E-state index in [1.54, 1.807) is 30.6 Å². The van der Waals surface area contributed by atoms with E-state index in [4.69, 9.17) is 14.6 Å². The lowest BCUT2D eigenvalue weighted by molar-refractivity contribution is 0.0691. The van der Waals surface area contributed by atoms with Crippen LogP contribution in [-0.2, 0) is 6.61 Å². The van der Waals surface area contributed by atoms with Crippen LogP contribution in [0, 0.1) is 0 Å². The second kappa shape index (κ2) is 5.81. The Bertz CT molecular complexity index is 572. The normalized spacial score (nSPS) is 9.95. The average molecular weight is 260 g/mol. The molecule has 6 nitrogen and oxygen atoms in total. The predicted molar refractivity (Wildman–Crippen MR) is 66.3 cm³/mol. The molecule has 19 heavy (non-hydrogen) atoms. The molecular formula is C13H12N2O4. The van der Waals surface area contributed by atoms with Crippen molar-refractivity contribution in [1.29, 1.82) is 0 Å². The number of benzene rings is 1. The molecule has 6 heteroatoms. The summed E-state index contributed by atoms with van der Waals surface area (Å²) in [6.07, 6.45) is 3.19. The summed E-state index contributed by atoms with van der Waals surface area (Å²) in [6.45, 7) is 0.105.